The van der Waals surface area contributed by atoms with Crippen LogP contribution in [0.3, 0.4) is 0 Å². The molecule has 0 bridgehead atoms. The van der Waals surface area contributed by atoms with E-state index in [1.54, 1.807) is 0 Å². The molecule has 0 fully saturated rings. The second-order valence-electron chi connectivity index (χ2n) is 4.00. The molecule has 0 aliphatic heterocycles. The Morgan fingerprint density at radius 3 is 2.53 bits per heavy atom. The first-order valence-electron chi connectivity index (χ1n) is 5.73. The van der Waals surface area contributed by atoms with Crippen LogP contribution in [0, 0.1) is 11.6 Å². The van der Waals surface area contributed by atoms with E-state index in [9.17, 15) is 18.4 Å². The van der Waals surface area contributed by atoms with Crippen molar-refractivity contribution < 1.29 is 18.4 Å². The molecule has 5 nitrogen and oxygen atoms in total. The number of hydrogen-bond donors (Lipinski definition) is 3. The van der Waals surface area contributed by atoms with Crippen molar-refractivity contribution in [3.63, 3.8) is 0 Å². The van der Waals surface area contributed by atoms with Gasteiger partial charge in [0.05, 0.1) is 5.69 Å². The van der Waals surface area contributed by atoms with Gasteiger partial charge in [-0.1, -0.05) is 0 Å². The number of nitrogens with two attached hydrogens (primary N) is 2. The number of hydrogen-bond acceptors (Lipinski definition) is 3. The van der Waals surface area contributed by atoms with E-state index in [0.717, 1.165) is 12.1 Å². The van der Waals surface area contributed by atoms with Gasteiger partial charge >= 0.3 is 0 Å². The minimum Gasteiger partial charge on any atom is -0.396 e. The Bertz CT molecular complexity index is 492. The molecule has 1 aromatic rings. The minimum atomic E-state index is -1.07. The van der Waals surface area contributed by atoms with Gasteiger partial charge in [0, 0.05) is 13.0 Å². The quantitative estimate of drug-likeness (QED) is 0.530. The average molecular weight is 271 g/mol. The van der Waals surface area contributed by atoms with Gasteiger partial charge in [-0.15, -0.1) is 0 Å². The smallest absolute Gasteiger partial charge is 0.257 e. The van der Waals surface area contributed by atoms with Crippen LogP contribution in [-0.4, -0.2) is 18.4 Å². The molecule has 1 rings (SSSR count). The van der Waals surface area contributed by atoms with Gasteiger partial charge in [-0.2, -0.15) is 0 Å². The van der Waals surface area contributed by atoms with Crippen LogP contribution in [0.5, 0.6) is 0 Å². The first-order valence-corrected chi connectivity index (χ1v) is 5.73. The molecule has 0 heterocycles. The Morgan fingerprint density at radius 2 is 1.89 bits per heavy atom. The second-order valence-corrected chi connectivity index (χ2v) is 4.00. The van der Waals surface area contributed by atoms with Crippen LogP contribution in [0.15, 0.2) is 12.1 Å². The maximum absolute atomic E-state index is 13.5. The zero-order valence-corrected chi connectivity index (χ0v) is 10.2. The molecule has 0 aliphatic carbocycles. The highest BCUT2D eigenvalue weighted by Gasteiger charge is 2.18. The molecule has 0 saturated carbocycles. The third-order valence-corrected chi connectivity index (χ3v) is 2.48. The number of nitrogen functional groups attached to an aromatic ring is 1. The summed E-state index contributed by atoms with van der Waals surface area (Å²) in [6.45, 7) is 0.194. The van der Waals surface area contributed by atoms with Crippen LogP contribution >= 0.6 is 0 Å². The summed E-state index contributed by atoms with van der Waals surface area (Å²) in [5.41, 5.74) is 9.22. The number of benzene rings is 1. The van der Waals surface area contributed by atoms with Crippen LogP contribution < -0.4 is 16.8 Å². The van der Waals surface area contributed by atoms with E-state index in [2.05, 4.69) is 5.32 Å². The van der Waals surface area contributed by atoms with E-state index in [1.165, 1.54) is 0 Å². The number of carbonyl (C=O) groups excluding carboxylic acids is 2. The average Bonchev–Trinajstić information content (AvgIpc) is 2.33. The summed E-state index contributed by atoms with van der Waals surface area (Å²) >= 11 is 0. The molecule has 0 spiro atoms. The largest absolute Gasteiger partial charge is 0.396 e. The Balaban J connectivity index is 2.55. The molecule has 1 aromatic carbocycles. The monoisotopic (exact) mass is 271 g/mol. The number of carbonyl (C=O) groups is 2. The van der Waals surface area contributed by atoms with Crippen LogP contribution in [0.25, 0.3) is 0 Å². The molecule has 0 atom stereocenters. The summed E-state index contributed by atoms with van der Waals surface area (Å²) in [5, 5.41) is 2.35. The topological polar surface area (TPSA) is 98.2 Å². The lowest BCUT2D eigenvalue weighted by atomic mass is 10.1. The van der Waals surface area contributed by atoms with Crippen molar-refractivity contribution in [1.82, 2.24) is 5.32 Å². The van der Waals surface area contributed by atoms with E-state index < -0.39 is 29.0 Å². The highest BCUT2D eigenvalue weighted by atomic mass is 19.1. The predicted octanol–water partition coefficient (Wildman–Crippen LogP) is 0.932. The molecule has 0 unspecified atom stereocenters. The fourth-order valence-electron chi connectivity index (χ4n) is 1.49. The highest BCUT2D eigenvalue weighted by Crippen LogP contribution is 2.18. The molecule has 19 heavy (non-hydrogen) atoms. The third kappa shape index (κ3) is 4.20. The van der Waals surface area contributed by atoms with E-state index in [1.807, 2.05) is 0 Å². The number of nitrogens with one attached hydrogen (secondary N) is 1. The van der Waals surface area contributed by atoms with E-state index >= 15 is 0 Å². The number of primary amides is 1. The number of unbranched alkanes of at least 4 members (excludes halogenated alkanes) is 1. The molecule has 0 radical (unpaired) electrons. The van der Waals surface area contributed by atoms with Crippen LogP contribution in [0.1, 0.15) is 29.6 Å². The van der Waals surface area contributed by atoms with Gasteiger partial charge in [-0.25, -0.2) is 8.78 Å². The summed E-state index contributed by atoms with van der Waals surface area (Å²) in [5.74, 6) is -3.35. The predicted molar refractivity (Wildman–Crippen MR) is 66.1 cm³/mol. The van der Waals surface area contributed by atoms with Gasteiger partial charge in [0.1, 0.15) is 11.4 Å². The third-order valence-electron chi connectivity index (χ3n) is 2.48. The first kappa shape index (κ1) is 14.9. The van der Waals surface area contributed by atoms with Crippen molar-refractivity contribution in [2.45, 2.75) is 19.3 Å². The Morgan fingerprint density at radius 1 is 1.21 bits per heavy atom. The van der Waals surface area contributed by atoms with Crippen LogP contribution in [-0.2, 0) is 4.79 Å². The standard InChI is InChI=1S/C12H15F2N3O2/c13-7-4-5-8(15)11(14)10(7)12(19)17-6-2-1-3-9(16)18/h4-5H,1-3,6,15H2,(H2,16,18)(H,17,19). The number of halogens is 2. The van der Waals surface area contributed by atoms with E-state index in [0.29, 0.717) is 12.8 Å². The van der Waals surface area contributed by atoms with Crippen molar-refractivity contribution >= 4 is 17.5 Å². The minimum absolute atomic E-state index is 0.194. The van der Waals surface area contributed by atoms with Gasteiger partial charge in [-0.3, -0.25) is 9.59 Å². The molecular weight excluding hydrogens is 256 g/mol. The van der Waals surface area contributed by atoms with Gasteiger partial charge in [0.25, 0.3) is 5.91 Å². The molecule has 0 aliphatic rings. The van der Waals surface area contributed by atoms with Crippen molar-refractivity contribution in [3.05, 3.63) is 29.3 Å². The number of amides is 2. The van der Waals surface area contributed by atoms with Crippen molar-refractivity contribution in [2.24, 2.45) is 5.73 Å². The van der Waals surface area contributed by atoms with Crippen LogP contribution in [0.2, 0.25) is 0 Å². The maximum atomic E-state index is 13.5. The molecule has 0 aromatic heterocycles. The van der Waals surface area contributed by atoms with Crippen LogP contribution in [0.4, 0.5) is 14.5 Å². The summed E-state index contributed by atoms with van der Waals surface area (Å²) in [4.78, 5) is 22.1. The lowest BCUT2D eigenvalue weighted by Gasteiger charge is -2.08. The lowest BCUT2D eigenvalue weighted by Crippen LogP contribution is -2.27. The Labute approximate surface area is 109 Å². The molecule has 5 N–H and O–H groups in total. The molecule has 2 amide bonds. The van der Waals surface area contributed by atoms with Crippen molar-refractivity contribution in [3.8, 4) is 0 Å². The highest BCUT2D eigenvalue weighted by molar-refractivity contribution is 5.95. The number of rotatable bonds is 6. The second kappa shape index (κ2) is 6.67. The molecular formula is C12H15F2N3O2. The van der Waals surface area contributed by atoms with Gasteiger partial charge in [-0.05, 0) is 25.0 Å². The first-order chi connectivity index (χ1) is 8.93. The van der Waals surface area contributed by atoms with Gasteiger partial charge in [0.2, 0.25) is 5.91 Å². The number of anilines is 1. The lowest BCUT2D eigenvalue weighted by molar-refractivity contribution is -0.118. The summed E-state index contributed by atoms with van der Waals surface area (Å²) in [6.07, 6.45) is 1.19. The summed E-state index contributed by atoms with van der Waals surface area (Å²) in [6, 6.07) is 1.98. The zero-order chi connectivity index (χ0) is 14.4. The Hall–Kier alpha value is -2.18. The SMILES string of the molecule is NC(=O)CCCCNC(=O)c1c(F)ccc(N)c1F. The maximum Gasteiger partial charge on any atom is 0.257 e. The fourth-order valence-corrected chi connectivity index (χ4v) is 1.49. The molecule has 104 valence electrons. The van der Waals surface area contributed by atoms with Crippen molar-refractivity contribution in [1.29, 1.82) is 0 Å². The molecule has 7 heteroatoms. The van der Waals surface area contributed by atoms with Gasteiger partial charge < -0.3 is 16.8 Å². The summed E-state index contributed by atoms with van der Waals surface area (Å²) < 4.78 is 26.9. The normalized spacial score (nSPS) is 10.2. The fraction of sp³-hybridized carbons (Fsp3) is 0.333. The Kier molecular flexibility index (Phi) is 5.23. The zero-order valence-electron chi connectivity index (χ0n) is 10.2. The van der Waals surface area contributed by atoms with E-state index in [-0.39, 0.29) is 18.7 Å². The van der Waals surface area contributed by atoms with E-state index in [4.69, 9.17) is 11.5 Å². The molecule has 0 saturated heterocycles. The summed E-state index contributed by atoms with van der Waals surface area (Å²) in [7, 11) is 0. The van der Waals surface area contributed by atoms with Gasteiger partial charge in [0.15, 0.2) is 5.82 Å². The van der Waals surface area contributed by atoms with Crippen molar-refractivity contribution in [2.75, 3.05) is 12.3 Å².